The Hall–Kier alpha value is -0.750. The summed E-state index contributed by atoms with van der Waals surface area (Å²) in [5.74, 6) is -0.478. The molecule has 0 radical (unpaired) electrons. The quantitative estimate of drug-likeness (QED) is 0.803. The lowest BCUT2D eigenvalue weighted by Gasteiger charge is -2.27. The van der Waals surface area contributed by atoms with Crippen LogP contribution in [0.25, 0.3) is 0 Å². The van der Waals surface area contributed by atoms with E-state index in [1.165, 1.54) is 0 Å². The second kappa shape index (κ2) is 6.61. The first-order valence-corrected chi connectivity index (χ1v) is 7.71. The van der Waals surface area contributed by atoms with Gasteiger partial charge >= 0.3 is 5.97 Å². The van der Waals surface area contributed by atoms with Crippen molar-refractivity contribution in [1.29, 1.82) is 0 Å². The normalized spacial score (nSPS) is 23.7. The van der Waals surface area contributed by atoms with Crippen LogP contribution in [-0.2, 0) is 9.59 Å². The molecule has 2 atom stereocenters. The molecule has 1 heterocycles. The summed E-state index contributed by atoms with van der Waals surface area (Å²) in [4.78, 5) is 25.0. The van der Waals surface area contributed by atoms with Gasteiger partial charge in [-0.2, -0.15) is 0 Å². The Balaban J connectivity index is 2.58. The third-order valence-corrected chi connectivity index (χ3v) is 4.46. The number of nitrogens with one attached hydrogen (secondary N) is 1. The van der Waals surface area contributed by atoms with Crippen molar-refractivity contribution >= 4 is 23.6 Å². The maximum Gasteiger partial charge on any atom is 0.327 e. The summed E-state index contributed by atoms with van der Waals surface area (Å²) in [6.45, 7) is 8.68. The molecule has 2 unspecified atom stereocenters. The highest BCUT2D eigenvalue weighted by molar-refractivity contribution is 8.00. The summed E-state index contributed by atoms with van der Waals surface area (Å²) in [5.41, 5.74) is -0.0314. The van der Waals surface area contributed by atoms with Crippen molar-refractivity contribution in [2.24, 2.45) is 0 Å². The minimum atomic E-state index is -0.902. The first kappa shape index (κ1) is 16.3. The molecule has 0 saturated carbocycles. The van der Waals surface area contributed by atoms with Crippen LogP contribution >= 0.6 is 11.8 Å². The Kier molecular flexibility index (Phi) is 5.67. The van der Waals surface area contributed by atoms with Gasteiger partial charge < -0.3 is 15.3 Å². The van der Waals surface area contributed by atoms with Crippen LogP contribution in [0.2, 0.25) is 0 Å². The lowest BCUT2D eigenvalue weighted by atomic mass is 10.1. The van der Waals surface area contributed by atoms with Gasteiger partial charge in [-0.05, 0) is 27.2 Å². The number of thioether (sulfide) groups is 1. The zero-order chi connectivity index (χ0) is 14.6. The average Bonchev–Trinajstić information content (AvgIpc) is 2.70. The fourth-order valence-corrected chi connectivity index (χ4v) is 3.44. The van der Waals surface area contributed by atoms with Crippen LogP contribution in [0.3, 0.4) is 0 Å². The number of carbonyl (C=O) groups is 2. The molecule has 0 bridgehead atoms. The molecule has 1 saturated heterocycles. The number of aliphatic carboxylic acids is 1. The Bertz CT molecular complexity index is 341. The van der Waals surface area contributed by atoms with Crippen molar-refractivity contribution in [2.45, 2.75) is 57.5 Å². The molecule has 0 aromatic carbocycles. The van der Waals surface area contributed by atoms with E-state index in [-0.39, 0.29) is 16.8 Å². The summed E-state index contributed by atoms with van der Waals surface area (Å²) in [6, 6.07) is -0.669. The smallest absolute Gasteiger partial charge is 0.327 e. The van der Waals surface area contributed by atoms with Crippen molar-refractivity contribution in [3.8, 4) is 0 Å². The first-order chi connectivity index (χ1) is 8.76. The van der Waals surface area contributed by atoms with Crippen LogP contribution in [0.4, 0.5) is 0 Å². The molecule has 1 aliphatic rings. The molecule has 2 N–H and O–H groups in total. The zero-order valence-electron chi connectivity index (χ0n) is 12.1. The van der Waals surface area contributed by atoms with Crippen molar-refractivity contribution in [3.05, 3.63) is 0 Å². The Morgan fingerprint density at radius 3 is 2.53 bits per heavy atom. The first-order valence-electron chi connectivity index (χ1n) is 6.67. The molecule has 6 heteroatoms. The third-order valence-electron chi connectivity index (χ3n) is 3.01. The Morgan fingerprint density at radius 1 is 1.42 bits per heavy atom. The van der Waals surface area contributed by atoms with E-state index in [9.17, 15) is 14.7 Å². The number of carboxylic acids is 1. The molecule has 1 aliphatic heterocycles. The predicted molar refractivity (Wildman–Crippen MR) is 77.2 cm³/mol. The number of nitrogens with zero attached hydrogens (tertiary/aromatic N) is 1. The van der Waals surface area contributed by atoms with E-state index in [0.717, 1.165) is 6.42 Å². The summed E-state index contributed by atoms with van der Waals surface area (Å²) >= 11 is 1.56. The maximum absolute atomic E-state index is 12.2. The summed E-state index contributed by atoms with van der Waals surface area (Å²) in [7, 11) is 0. The molecule has 110 valence electrons. The third kappa shape index (κ3) is 4.69. The van der Waals surface area contributed by atoms with E-state index < -0.39 is 12.0 Å². The fraction of sp³-hybridized carbons (Fsp3) is 0.846. The van der Waals surface area contributed by atoms with Gasteiger partial charge in [0.1, 0.15) is 6.04 Å². The second-order valence-electron chi connectivity index (χ2n) is 5.78. The molecular formula is C13H24N2O3S. The van der Waals surface area contributed by atoms with Crippen LogP contribution < -0.4 is 5.32 Å². The van der Waals surface area contributed by atoms with Gasteiger partial charge in [-0.3, -0.25) is 4.79 Å². The van der Waals surface area contributed by atoms with E-state index >= 15 is 0 Å². The van der Waals surface area contributed by atoms with Crippen LogP contribution in [0, 0.1) is 0 Å². The molecular weight excluding hydrogens is 264 g/mol. The van der Waals surface area contributed by atoms with Crippen LogP contribution in [-0.4, -0.2) is 51.1 Å². The molecule has 5 nitrogen and oxygen atoms in total. The largest absolute Gasteiger partial charge is 0.480 e. The molecule has 0 spiro atoms. The number of hydrogen-bond donors (Lipinski definition) is 2. The van der Waals surface area contributed by atoms with Gasteiger partial charge in [-0.1, -0.05) is 6.92 Å². The number of hydrogen-bond acceptors (Lipinski definition) is 4. The number of amides is 1. The molecule has 1 rings (SSSR count). The molecule has 0 aliphatic carbocycles. The van der Waals surface area contributed by atoms with Gasteiger partial charge in [-0.15, -0.1) is 11.8 Å². The van der Waals surface area contributed by atoms with Crippen molar-refractivity contribution in [2.75, 3.05) is 12.3 Å². The van der Waals surface area contributed by atoms with E-state index in [1.807, 2.05) is 27.7 Å². The molecule has 0 aromatic rings. The van der Waals surface area contributed by atoms with Gasteiger partial charge in [0.15, 0.2) is 0 Å². The summed E-state index contributed by atoms with van der Waals surface area (Å²) in [5, 5.41) is 12.4. The van der Waals surface area contributed by atoms with Gasteiger partial charge in [0, 0.05) is 24.3 Å². The highest BCUT2D eigenvalue weighted by Crippen LogP contribution is 2.31. The van der Waals surface area contributed by atoms with Gasteiger partial charge in [0.05, 0.1) is 5.37 Å². The Labute approximate surface area is 119 Å². The number of carbonyl (C=O) groups excluding carboxylic acids is 1. The monoisotopic (exact) mass is 288 g/mol. The SMILES string of the molecule is CCC1SCC(C(=O)O)N1C(=O)CCNC(C)(C)C. The number of rotatable bonds is 5. The second-order valence-corrected chi connectivity index (χ2v) is 6.99. The molecule has 1 fully saturated rings. The van der Waals surface area contributed by atoms with Crippen molar-refractivity contribution in [3.63, 3.8) is 0 Å². The standard InChI is InChI=1S/C13H24N2O3S/c1-5-11-15(9(8-19-11)12(17)18)10(16)6-7-14-13(2,3)4/h9,11,14H,5-8H2,1-4H3,(H,17,18). The zero-order valence-corrected chi connectivity index (χ0v) is 12.9. The van der Waals surface area contributed by atoms with E-state index in [1.54, 1.807) is 16.7 Å². The van der Waals surface area contributed by atoms with Crippen LogP contribution in [0.5, 0.6) is 0 Å². The van der Waals surface area contributed by atoms with Crippen LogP contribution in [0.15, 0.2) is 0 Å². The lowest BCUT2D eigenvalue weighted by Crippen LogP contribution is -2.47. The predicted octanol–water partition coefficient (Wildman–Crippen LogP) is 1.53. The highest BCUT2D eigenvalue weighted by atomic mass is 32.2. The minimum Gasteiger partial charge on any atom is -0.480 e. The number of carboxylic acid groups (broad SMARTS) is 1. The molecule has 0 aromatic heterocycles. The van der Waals surface area contributed by atoms with Gasteiger partial charge in [-0.25, -0.2) is 4.79 Å². The fourth-order valence-electron chi connectivity index (χ4n) is 2.08. The minimum absolute atomic E-state index is 0.00300. The van der Waals surface area contributed by atoms with Crippen molar-refractivity contribution in [1.82, 2.24) is 10.2 Å². The summed E-state index contributed by atoms with van der Waals surface area (Å²) < 4.78 is 0. The molecule has 1 amide bonds. The summed E-state index contributed by atoms with van der Waals surface area (Å²) in [6.07, 6.45) is 1.13. The van der Waals surface area contributed by atoms with Gasteiger partial charge in [0.25, 0.3) is 0 Å². The van der Waals surface area contributed by atoms with Crippen molar-refractivity contribution < 1.29 is 14.7 Å². The topological polar surface area (TPSA) is 69.6 Å². The highest BCUT2D eigenvalue weighted by Gasteiger charge is 2.40. The van der Waals surface area contributed by atoms with E-state index in [2.05, 4.69) is 5.32 Å². The Morgan fingerprint density at radius 2 is 2.05 bits per heavy atom. The van der Waals surface area contributed by atoms with E-state index in [0.29, 0.717) is 18.7 Å². The van der Waals surface area contributed by atoms with Gasteiger partial charge in [0.2, 0.25) is 5.91 Å². The van der Waals surface area contributed by atoms with Crippen LogP contribution in [0.1, 0.15) is 40.5 Å². The maximum atomic E-state index is 12.2. The lowest BCUT2D eigenvalue weighted by molar-refractivity contribution is -0.149. The van der Waals surface area contributed by atoms with E-state index in [4.69, 9.17) is 0 Å². The molecule has 19 heavy (non-hydrogen) atoms. The average molecular weight is 288 g/mol.